The average Bonchev–Trinajstić information content (AvgIpc) is 1.85. The molecule has 0 saturated carbocycles. The number of halogens is 1. The van der Waals surface area contributed by atoms with E-state index in [1.807, 2.05) is 0 Å². The average molecular weight is 165 g/mol. The summed E-state index contributed by atoms with van der Waals surface area (Å²) < 4.78 is 0. The maximum atomic E-state index is 8.91. The van der Waals surface area contributed by atoms with E-state index in [-0.39, 0.29) is 11.5 Å². The van der Waals surface area contributed by atoms with Crippen LogP contribution >= 0.6 is 11.6 Å². The lowest BCUT2D eigenvalue weighted by molar-refractivity contribution is 0.180. The second kappa shape index (κ2) is 5.99. The van der Waals surface area contributed by atoms with Gasteiger partial charge in [-0.25, -0.2) is 0 Å². The third kappa shape index (κ3) is 6.37. The standard InChI is InChI=1S/C8H17ClO/c1-3-4-8(9)6-5-7(2)10/h7-8,10H,3-6H2,1-2H3. The van der Waals surface area contributed by atoms with Gasteiger partial charge in [0, 0.05) is 5.38 Å². The summed E-state index contributed by atoms with van der Waals surface area (Å²) in [6.07, 6.45) is 3.77. The molecule has 0 aromatic carbocycles. The van der Waals surface area contributed by atoms with E-state index >= 15 is 0 Å². The first-order valence-corrected chi connectivity index (χ1v) is 4.42. The van der Waals surface area contributed by atoms with E-state index in [0.717, 1.165) is 25.7 Å². The molecule has 0 aliphatic heterocycles. The fourth-order valence-corrected chi connectivity index (χ4v) is 1.22. The van der Waals surface area contributed by atoms with E-state index in [1.54, 1.807) is 6.92 Å². The molecule has 2 atom stereocenters. The molecule has 10 heavy (non-hydrogen) atoms. The summed E-state index contributed by atoms with van der Waals surface area (Å²) in [5.41, 5.74) is 0. The van der Waals surface area contributed by atoms with Gasteiger partial charge in [0.25, 0.3) is 0 Å². The zero-order chi connectivity index (χ0) is 7.98. The highest BCUT2D eigenvalue weighted by atomic mass is 35.5. The maximum Gasteiger partial charge on any atom is 0.0512 e. The summed E-state index contributed by atoms with van der Waals surface area (Å²) in [6, 6.07) is 0. The molecule has 0 saturated heterocycles. The lowest BCUT2D eigenvalue weighted by Crippen LogP contribution is -2.05. The van der Waals surface area contributed by atoms with Crippen molar-refractivity contribution in [2.45, 2.75) is 51.0 Å². The molecule has 1 N–H and O–H groups in total. The molecular weight excluding hydrogens is 148 g/mol. The lowest BCUT2D eigenvalue weighted by Gasteiger charge is -2.08. The predicted molar refractivity (Wildman–Crippen MR) is 45.5 cm³/mol. The van der Waals surface area contributed by atoms with Crippen LogP contribution in [0.2, 0.25) is 0 Å². The highest BCUT2D eigenvalue weighted by Gasteiger charge is 2.04. The van der Waals surface area contributed by atoms with E-state index in [9.17, 15) is 0 Å². The van der Waals surface area contributed by atoms with Crippen molar-refractivity contribution < 1.29 is 5.11 Å². The molecular formula is C8H17ClO. The molecule has 0 aromatic heterocycles. The third-order valence-electron chi connectivity index (χ3n) is 1.50. The summed E-state index contributed by atoms with van der Waals surface area (Å²) in [6.45, 7) is 3.92. The molecule has 0 aliphatic carbocycles. The van der Waals surface area contributed by atoms with E-state index in [2.05, 4.69) is 6.92 Å². The molecule has 0 heterocycles. The number of alkyl halides is 1. The van der Waals surface area contributed by atoms with Gasteiger partial charge < -0.3 is 5.11 Å². The first-order valence-electron chi connectivity index (χ1n) is 3.99. The van der Waals surface area contributed by atoms with Crippen LogP contribution in [0.4, 0.5) is 0 Å². The summed E-state index contributed by atoms with van der Waals surface area (Å²) in [5, 5.41) is 9.17. The van der Waals surface area contributed by atoms with Gasteiger partial charge in [-0.05, 0) is 26.2 Å². The van der Waals surface area contributed by atoms with Gasteiger partial charge in [-0.15, -0.1) is 11.6 Å². The number of aliphatic hydroxyl groups excluding tert-OH is 1. The number of hydrogen-bond donors (Lipinski definition) is 1. The minimum absolute atomic E-state index is 0.196. The van der Waals surface area contributed by atoms with Crippen molar-refractivity contribution in [3.8, 4) is 0 Å². The molecule has 0 spiro atoms. The molecule has 1 nitrogen and oxygen atoms in total. The van der Waals surface area contributed by atoms with Gasteiger partial charge in [0.1, 0.15) is 0 Å². The highest BCUT2D eigenvalue weighted by molar-refractivity contribution is 6.20. The van der Waals surface area contributed by atoms with E-state index < -0.39 is 0 Å². The topological polar surface area (TPSA) is 20.2 Å². The Morgan fingerprint density at radius 2 is 1.90 bits per heavy atom. The molecule has 0 rings (SSSR count). The van der Waals surface area contributed by atoms with E-state index in [4.69, 9.17) is 16.7 Å². The van der Waals surface area contributed by atoms with Gasteiger partial charge in [-0.2, -0.15) is 0 Å². The third-order valence-corrected chi connectivity index (χ3v) is 1.94. The Morgan fingerprint density at radius 3 is 2.30 bits per heavy atom. The van der Waals surface area contributed by atoms with Crippen LogP contribution in [0.3, 0.4) is 0 Å². The molecule has 0 radical (unpaired) electrons. The molecule has 0 amide bonds. The van der Waals surface area contributed by atoms with Crippen molar-refractivity contribution in [3.05, 3.63) is 0 Å². The summed E-state index contributed by atoms with van der Waals surface area (Å²) >= 11 is 5.91. The lowest BCUT2D eigenvalue weighted by atomic mass is 10.1. The van der Waals surface area contributed by atoms with Gasteiger partial charge >= 0.3 is 0 Å². The fraction of sp³-hybridized carbons (Fsp3) is 1.00. The Bertz CT molecular complexity index is 73.7. The van der Waals surface area contributed by atoms with Crippen molar-refractivity contribution in [3.63, 3.8) is 0 Å². The SMILES string of the molecule is CCCC(Cl)CCC(C)O. The smallest absolute Gasteiger partial charge is 0.0512 e. The second-order valence-corrected chi connectivity index (χ2v) is 3.43. The molecule has 62 valence electrons. The molecule has 0 fully saturated rings. The summed E-state index contributed by atoms with van der Waals surface area (Å²) in [7, 11) is 0. The molecule has 0 aliphatic rings. The first kappa shape index (κ1) is 10.2. The van der Waals surface area contributed by atoms with Crippen molar-refractivity contribution in [1.82, 2.24) is 0 Å². The molecule has 0 bridgehead atoms. The predicted octanol–water partition coefficient (Wildman–Crippen LogP) is 2.55. The van der Waals surface area contributed by atoms with Crippen LogP contribution in [-0.4, -0.2) is 16.6 Å². The fourth-order valence-electron chi connectivity index (χ4n) is 0.880. The first-order chi connectivity index (χ1) is 4.66. The van der Waals surface area contributed by atoms with Gasteiger partial charge in [0.15, 0.2) is 0 Å². The van der Waals surface area contributed by atoms with Crippen LogP contribution in [0.15, 0.2) is 0 Å². The number of hydrogen-bond acceptors (Lipinski definition) is 1. The van der Waals surface area contributed by atoms with Gasteiger partial charge in [0.2, 0.25) is 0 Å². The van der Waals surface area contributed by atoms with Crippen molar-refractivity contribution in [1.29, 1.82) is 0 Å². The Morgan fingerprint density at radius 1 is 1.30 bits per heavy atom. The zero-order valence-electron chi connectivity index (χ0n) is 6.81. The minimum Gasteiger partial charge on any atom is -0.393 e. The second-order valence-electron chi connectivity index (χ2n) is 2.81. The van der Waals surface area contributed by atoms with Crippen molar-refractivity contribution in [2.75, 3.05) is 0 Å². The van der Waals surface area contributed by atoms with Crippen LogP contribution in [0.1, 0.15) is 39.5 Å². The Balaban J connectivity index is 3.12. The van der Waals surface area contributed by atoms with Gasteiger partial charge in [0.05, 0.1) is 6.10 Å². The van der Waals surface area contributed by atoms with E-state index in [0.29, 0.717) is 0 Å². The van der Waals surface area contributed by atoms with Crippen molar-refractivity contribution in [2.24, 2.45) is 0 Å². The van der Waals surface area contributed by atoms with Gasteiger partial charge in [-0.3, -0.25) is 0 Å². The van der Waals surface area contributed by atoms with Crippen LogP contribution in [0.25, 0.3) is 0 Å². The Labute approximate surface area is 68.4 Å². The Hall–Kier alpha value is 0.250. The summed E-state index contributed by atoms with van der Waals surface area (Å²) in [5.74, 6) is 0. The molecule has 2 heteroatoms. The molecule has 2 unspecified atom stereocenters. The van der Waals surface area contributed by atoms with Gasteiger partial charge in [-0.1, -0.05) is 13.3 Å². The number of rotatable bonds is 5. The van der Waals surface area contributed by atoms with E-state index in [1.165, 1.54) is 0 Å². The van der Waals surface area contributed by atoms with Crippen LogP contribution in [0.5, 0.6) is 0 Å². The quantitative estimate of drug-likeness (QED) is 0.620. The molecule has 0 aromatic rings. The largest absolute Gasteiger partial charge is 0.393 e. The minimum atomic E-state index is -0.196. The normalized spacial score (nSPS) is 16.8. The van der Waals surface area contributed by atoms with Crippen molar-refractivity contribution >= 4 is 11.6 Å². The number of aliphatic hydroxyl groups is 1. The highest BCUT2D eigenvalue weighted by Crippen LogP contribution is 2.12. The zero-order valence-corrected chi connectivity index (χ0v) is 7.56. The maximum absolute atomic E-state index is 8.91. The summed E-state index contributed by atoms with van der Waals surface area (Å²) in [4.78, 5) is 0. The Kier molecular flexibility index (Phi) is 6.14. The monoisotopic (exact) mass is 164 g/mol. The van der Waals surface area contributed by atoms with Crippen LogP contribution in [0, 0.1) is 0 Å². The van der Waals surface area contributed by atoms with Crippen LogP contribution in [-0.2, 0) is 0 Å². The van der Waals surface area contributed by atoms with Crippen LogP contribution < -0.4 is 0 Å².